The normalized spacial score (nSPS) is 11.8. The highest BCUT2D eigenvalue weighted by molar-refractivity contribution is 5.25. The van der Waals surface area contributed by atoms with Gasteiger partial charge in [0.15, 0.2) is 11.6 Å². The largest absolute Gasteiger partial charge is 0.396 e. The van der Waals surface area contributed by atoms with Gasteiger partial charge >= 0.3 is 6.18 Å². The summed E-state index contributed by atoms with van der Waals surface area (Å²) in [4.78, 5) is 0. The molecule has 5 heteroatoms. The molecule has 0 amide bonds. The Labute approximate surface area is 71.0 Å². The summed E-state index contributed by atoms with van der Waals surface area (Å²) in [5.74, 6) is -2.46. The lowest BCUT2D eigenvalue weighted by molar-refractivity contribution is -0.0928. The van der Waals surface area contributed by atoms with Gasteiger partial charge in [-0.3, -0.25) is 0 Å². The molecular weight excluding hydrogens is 191 g/mol. The van der Waals surface area contributed by atoms with Crippen molar-refractivity contribution in [3.05, 3.63) is 41.8 Å². The first-order chi connectivity index (χ1) is 5.88. The zero-order valence-corrected chi connectivity index (χ0v) is 6.20. The maximum Gasteiger partial charge on any atom is 0.396 e. The van der Waals surface area contributed by atoms with Crippen LogP contribution < -0.4 is 0 Å². The SMILES string of the molecule is Fc1ccc([CH]C(F)(F)F)cc1F. The summed E-state index contributed by atoms with van der Waals surface area (Å²) in [5, 5.41) is 0. The zero-order chi connectivity index (χ0) is 10.1. The van der Waals surface area contributed by atoms with E-state index in [1.54, 1.807) is 0 Å². The van der Waals surface area contributed by atoms with Gasteiger partial charge in [-0.05, 0) is 17.7 Å². The molecule has 1 rings (SSSR count). The fourth-order valence-electron chi connectivity index (χ4n) is 0.791. The molecule has 1 aromatic carbocycles. The maximum atomic E-state index is 12.4. The molecule has 0 spiro atoms. The quantitative estimate of drug-likeness (QED) is 0.604. The minimum absolute atomic E-state index is 0.102. The molecule has 0 aromatic heterocycles. The van der Waals surface area contributed by atoms with Crippen LogP contribution in [0.2, 0.25) is 0 Å². The lowest BCUT2D eigenvalue weighted by Crippen LogP contribution is -2.08. The highest BCUT2D eigenvalue weighted by Gasteiger charge is 2.28. The van der Waals surface area contributed by atoms with Crippen molar-refractivity contribution in [2.45, 2.75) is 6.18 Å². The van der Waals surface area contributed by atoms with Crippen LogP contribution in [0.5, 0.6) is 0 Å². The fraction of sp³-hybridized carbons (Fsp3) is 0.125. The Morgan fingerprint density at radius 1 is 1.00 bits per heavy atom. The van der Waals surface area contributed by atoms with Gasteiger partial charge in [-0.2, -0.15) is 13.2 Å². The summed E-state index contributed by atoms with van der Waals surface area (Å²) >= 11 is 0. The first kappa shape index (κ1) is 9.95. The van der Waals surface area contributed by atoms with Crippen molar-refractivity contribution in [2.75, 3.05) is 0 Å². The van der Waals surface area contributed by atoms with Crippen LogP contribution in [0, 0.1) is 18.1 Å². The Morgan fingerprint density at radius 3 is 2.08 bits per heavy atom. The highest BCUT2D eigenvalue weighted by atomic mass is 19.4. The molecule has 71 valence electrons. The van der Waals surface area contributed by atoms with Gasteiger partial charge in [0.1, 0.15) is 0 Å². The van der Waals surface area contributed by atoms with Crippen molar-refractivity contribution in [3.8, 4) is 0 Å². The molecule has 0 unspecified atom stereocenters. The second-order valence-electron chi connectivity index (χ2n) is 2.36. The van der Waals surface area contributed by atoms with Crippen LogP contribution in [0.4, 0.5) is 22.0 Å². The highest BCUT2D eigenvalue weighted by Crippen LogP contribution is 2.24. The van der Waals surface area contributed by atoms with Crippen molar-refractivity contribution < 1.29 is 22.0 Å². The van der Waals surface area contributed by atoms with Crippen LogP contribution in [0.15, 0.2) is 18.2 Å². The number of rotatable bonds is 1. The average Bonchev–Trinajstić information content (AvgIpc) is 1.94. The third-order valence-electron chi connectivity index (χ3n) is 1.27. The van der Waals surface area contributed by atoms with Gasteiger partial charge < -0.3 is 0 Å². The first-order valence-corrected chi connectivity index (χ1v) is 3.26. The fourth-order valence-corrected chi connectivity index (χ4v) is 0.791. The van der Waals surface area contributed by atoms with Gasteiger partial charge in [-0.25, -0.2) is 8.78 Å². The molecule has 0 atom stereocenters. The molecule has 0 nitrogen and oxygen atoms in total. The Kier molecular flexibility index (Phi) is 2.54. The molecule has 0 aliphatic carbocycles. The monoisotopic (exact) mass is 195 g/mol. The zero-order valence-electron chi connectivity index (χ0n) is 6.20. The number of hydrogen-bond acceptors (Lipinski definition) is 0. The van der Waals surface area contributed by atoms with Gasteiger partial charge in [0.2, 0.25) is 0 Å². The van der Waals surface area contributed by atoms with Gasteiger partial charge in [0, 0.05) is 0 Å². The third kappa shape index (κ3) is 3.01. The Morgan fingerprint density at radius 2 is 1.62 bits per heavy atom. The average molecular weight is 195 g/mol. The summed E-state index contributed by atoms with van der Waals surface area (Å²) < 4.78 is 59.8. The van der Waals surface area contributed by atoms with Crippen LogP contribution in [-0.4, -0.2) is 6.18 Å². The summed E-state index contributed by atoms with van der Waals surface area (Å²) in [5.41, 5.74) is -0.411. The van der Waals surface area contributed by atoms with Crippen molar-refractivity contribution in [2.24, 2.45) is 0 Å². The molecule has 1 aromatic rings. The van der Waals surface area contributed by atoms with Crippen LogP contribution in [0.1, 0.15) is 5.56 Å². The summed E-state index contributed by atoms with van der Waals surface area (Å²) in [6.07, 6.45) is -4.63. The standard InChI is InChI=1S/C8H4F5/c9-6-2-1-5(3-7(6)10)4-8(11,12)13/h1-4H. The van der Waals surface area contributed by atoms with Gasteiger partial charge in [0.05, 0.1) is 6.42 Å². The molecular formula is C8H4F5. The molecule has 0 saturated carbocycles. The Hall–Kier alpha value is -1.13. The summed E-state index contributed by atoms with van der Waals surface area (Å²) in [6.45, 7) is 0. The van der Waals surface area contributed by atoms with E-state index >= 15 is 0 Å². The van der Waals surface area contributed by atoms with Crippen molar-refractivity contribution in [1.82, 2.24) is 0 Å². The van der Waals surface area contributed by atoms with Gasteiger partial charge in [-0.1, -0.05) is 6.07 Å². The van der Waals surface area contributed by atoms with E-state index in [1.807, 2.05) is 0 Å². The number of halogens is 5. The van der Waals surface area contributed by atoms with Crippen LogP contribution in [0.3, 0.4) is 0 Å². The molecule has 0 saturated heterocycles. The second-order valence-corrected chi connectivity index (χ2v) is 2.36. The van der Waals surface area contributed by atoms with Gasteiger partial charge in [0.25, 0.3) is 0 Å². The smallest absolute Gasteiger partial charge is 0.204 e. The first-order valence-electron chi connectivity index (χ1n) is 3.26. The minimum atomic E-state index is -4.52. The van der Waals surface area contributed by atoms with E-state index in [0.717, 1.165) is 6.07 Å². The lowest BCUT2D eigenvalue weighted by Gasteiger charge is -2.05. The van der Waals surface area contributed by atoms with E-state index in [1.165, 1.54) is 0 Å². The number of alkyl halides is 3. The van der Waals surface area contributed by atoms with Crippen LogP contribution >= 0.6 is 0 Å². The number of benzene rings is 1. The molecule has 0 N–H and O–H groups in total. The maximum absolute atomic E-state index is 12.4. The van der Waals surface area contributed by atoms with E-state index in [0.29, 0.717) is 12.1 Å². The van der Waals surface area contributed by atoms with E-state index in [-0.39, 0.29) is 6.42 Å². The molecule has 0 aliphatic heterocycles. The Bertz CT molecular complexity index is 302. The van der Waals surface area contributed by atoms with Crippen molar-refractivity contribution in [1.29, 1.82) is 0 Å². The third-order valence-corrected chi connectivity index (χ3v) is 1.27. The van der Waals surface area contributed by atoms with Crippen molar-refractivity contribution >= 4 is 0 Å². The van der Waals surface area contributed by atoms with Crippen LogP contribution in [-0.2, 0) is 0 Å². The van der Waals surface area contributed by atoms with E-state index < -0.39 is 23.4 Å². The second kappa shape index (κ2) is 3.32. The van der Waals surface area contributed by atoms with Crippen molar-refractivity contribution in [3.63, 3.8) is 0 Å². The number of hydrogen-bond donors (Lipinski definition) is 0. The Balaban J connectivity index is 2.86. The molecule has 0 heterocycles. The molecule has 0 fully saturated rings. The predicted molar refractivity (Wildman–Crippen MR) is 35.8 cm³/mol. The lowest BCUT2D eigenvalue weighted by atomic mass is 10.1. The van der Waals surface area contributed by atoms with Gasteiger partial charge in [-0.15, -0.1) is 0 Å². The molecule has 1 radical (unpaired) electrons. The molecule has 0 bridgehead atoms. The molecule has 13 heavy (non-hydrogen) atoms. The molecule has 0 aliphatic rings. The van der Waals surface area contributed by atoms with E-state index in [4.69, 9.17) is 0 Å². The summed E-state index contributed by atoms with van der Waals surface area (Å²) in [7, 11) is 0. The minimum Gasteiger partial charge on any atom is -0.204 e. The van der Waals surface area contributed by atoms with E-state index in [2.05, 4.69) is 0 Å². The van der Waals surface area contributed by atoms with E-state index in [9.17, 15) is 22.0 Å². The summed E-state index contributed by atoms with van der Waals surface area (Å²) in [6, 6.07) is 1.99. The van der Waals surface area contributed by atoms with Crippen LogP contribution in [0.25, 0.3) is 0 Å². The topological polar surface area (TPSA) is 0 Å². The predicted octanol–water partition coefficient (Wildman–Crippen LogP) is 3.08.